The van der Waals surface area contributed by atoms with Gasteiger partial charge < -0.3 is 4.74 Å². The van der Waals surface area contributed by atoms with Gasteiger partial charge in [0.05, 0.1) is 11.8 Å². The lowest BCUT2D eigenvalue weighted by Crippen LogP contribution is -2.18. The molecule has 0 saturated heterocycles. The van der Waals surface area contributed by atoms with Crippen LogP contribution in [0.15, 0.2) is 66.5 Å². The Kier molecular flexibility index (Phi) is 5.23. The quantitative estimate of drug-likeness (QED) is 0.502. The summed E-state index contributed by atoms with van der Waals surface area (Å²) in [6.45, 7) is 3.92. The second kappa shape index (κ2) is 7.59. The highest BCUT2D eigenvalue weighted by molar-refractivity contribution is 5.97. The molecule has 0 radical (unpaired) electrons. The first-order chi connectivity index (χ1) is 10.3. The number of ether oxygens (including phenoxy) is 1. The molecule has 2 rings (SSSR count). The predicted octanol–water partition coefficient (Wildman–Crippen LogP) is 2.41. The van der Waals surface area contributed by atoms with E-state index in [0.29, 0.717) is 17.9 Å². The number of carbonyl (C=O) groups excluding carboxylic acids is 1. The maximum atomic E-state index is 12.1. The molecule has 0 unspecified atom stereocenters. The van der Waals surface area contributed by atoms with Crippen molar-refractivity contribution in [2.75, 3.05) is 6.61 Å². The van der Waals surface area contributed by atoms with Crippen LogP contribution >= 0.6 is 0 Å². The zero-order valence-electron chi connectivity index (χ0n) is 11.4. The van der Waals surface area contributed by atoms with Crippen molar-refractivity contribution in [3.63, 3.8) is 0 Å². The summed E-state index contributed by atoms with van der Waals surface area (Å²) >= 11 is 0. The largest absolute Gasteiger partial charge is 0.489 e. The molecule has 0 atom stereocenters. The van der Waals surface area contributed by atoms with Crippen LogP contribution in [-0.2, 0) is 0 Å². The zero-order valence-corrected chi connectivity index (χ0v) is 11.4. The van der Waals surface area contributed by atoms with Crippen molar-refractivity contribution in [3.05, 3.63) is 72.6 Å². The zero-order chi connectivity index (χ0) is 14.9. The Labute approximate surface area is 123 Å². The predicted molar refractivity (Wildman–Crippen MR) is 81.4 cm³/mol. The molecule has 0 fully saturated rings. The number of hydrogen-bond donors (Lipinski definition) is 1. The summed E-state index contributed by atoms with van der Waals surface area (Å²) in [4.78, 5) is 16.0. The smallest absolute Gasteiger partial charge is 0.275 e. The number of aromatic nitrogens is 1. The van der Waals surface area contributed by atoms with Crippen LogP contribution in [-0.4, -0.2) is 23.7 Å². The van der Waals surface area contributed by atoms with Crippen LogP contribution in [0.5, 0.6) is 5.75 Å². The van der Waals surface area contributed by atoms with Gasteiger partial charge in [0.2, 0.25) is 0 Å². The van der Waals surface area contributed by atoms with Crippen LogP contribution in [0, 0.1) is 0 Å². The summed E-state index contributed by atoms with van der Waals surface area (Å²) in [5, 5.41) is 3.90. The molecule has 0 aliphatic rings. The van der Waals surface area contributed by atoms with Crippen LogP contribution in [0.2, 0.25) is 0 Å². The van der Waals surface area contributed by atoms with E-state index in [2.05, 4.69) is 22.1 Å². The Morgan fingerprint density at radius 2 is 2.19 bits per heavy atom. The van der Waals surface area contributed by atoms with E-state index in [1.165, 1.54) is 6.21 Å². The SMILES string of the molecule is C=CCOc1ccccc1C(=O)N/N=C/c1cccnc1. The van der Waals surface area contributed by atoms with Gasteiger partial charge in [-0.3, -0.25) is 9.78 Å². The minimum Gasteiger partial charge on any atom is -0.489 e. The average Bonchev–Trinajstić information content (AvgIpc) is 2.54. The van der Waals surface area contributed by atoms with E-state index < -0.39 is 0 Å². The molecule has 5 heteroatoms. The molecular weight excluding hydrogens is 266 g/mol. The lowest BCUT2D eigenvalue weighted by molar-refractivity contribution is 0.0951. The van der Waals surface area contributed by atoms with Gasteiger partial charge in [-0.05, 0) is 18.2 Å². The van der Waals surface area contributed by atoms with Crippen molar-refractivity contribution in [1.82, 2.24) is 10.4 Å². The number of nitrogens with zero attached hydrogens (tertiary/aromatic N) is 2. The fourth-order valence-corrected chi connectivity index (χ4v) is 1.61. The molecule has 5 nitrogen and oxygen atoms in total. The van der Waals surface area contributed by atoms with Crippen molar-refractivity contribution in [3.8, 4) is 5.75 Å². The molecule has 1 amide bonds. The van der Waals surface area contributed by atoms with E-state index in [-0.39, 0.29) is 5.91 Å². The third kappa shape index (κ3) is 4.28. The lowest BCUT2D eigenvalue weighted by atomic mass is 10.2. The number of amides is 1. The minimum absolute atomic E-state index is 0.337. The number of pyridine rings is 1. The Balaban J connectivity index is 2.03. The van der Waals surface area contributed by atoms with E-state index in [9.17, 15) is 4.79 Å². The van der Waals surface area contributed by atoms with Crippen molar-refractivity contribution in [1.29, 1.82) is 0 Å². The van der Waals surface area contributed by atoms with Crippen LogP contribution in [0.1, 0.15) is 15.9 Å². The molecule has 0 aliphatic carbocycles. The second-order valence-corrected chi connectivity index (χ2v) is 4.08. The number of benzene rings is 1. The molecular formula is C16H15N3O2. The molecule has 1 N–H and O–H groups in total. The number of rotatable bonds is 6. The summed E-state index contributed by atoms with van der Waals surface area (Å²) < 4.78 is 5.43. The molecule has 21 heavy (non-hydrogen) atoms. The van der Waals surface area contributed by atoms with Crippen molar-refractivity contribution < 1.29 is 9.53 Å². The standard InChI is InChI=1S/C16H15N3O2/c1-2-10-21-15-8-4-3-7-14(15)16(20)19-18-12-13-6-5-9-17-11-13/h2-9,11-12H,1,10H2,(H,19,20)/b18-12+. The van der Waals surface area contributed by atoms with Crippen molar-refractivity contribution in [2.24, 2.45) is 5.10 Å². The molecule has 1 aromatic carbocycles. The molecule has 2 aromatic rings. The summed E-state index contributed by atoms with van der Waals surface area (Å²) in [5.74, 6) is 0.154. The van der Waals surface area contributed by atoms with Gasteiger partial charge in [0.25, 0.3) is 5.91 Å². The van der Waals surface area contributed by atoms with Gasteiger partial charge in [-0.2, -0.15) is 5.10 Å². The number of hydrazone groups is 1. The van der Waals surface area contributed by atoms with E-state index in [4.69, 9.17) is 4.74 Å². The van der Waals surface area contributed by atoms with Gasteiger partial charge in [-0.1, -0.05) is 30.9 Å². The molecule has 0 bridgehead atoms. The molecule has 1 heterocycles. The lowest BCUT2D eigenvalue weighted by Gasteiger charge is -2.08. The number of para-hydroxylation sites is 1. The highest BCUT2D eigenvalue weighted by Gasteiger charge is 2.10. The molecule has 0 aliphatic heterocycles. The Morgan fingerprint density at radius 1 is 1.33 bits per heavy atom. The van der Waals surface area contributed by atoms with Crippen LogP contribution in [0.4, 0.5) is 0 Å². The van der Waals surface area contributed by atoms with Crippen molar-refractivity contribution in [2.45, 2.75) is 0 Å². The van der Waals surface area contributed by atoms with Gasteiger partial charge in [0.15, 0.2) is 0 Å². The van der Waals surface area contributed by atoms with E-state index in [1.54, 1.807) is 48.8 Å². The number of nitrogens with one attached hydrogen (secondary N) is 1. The monoisotopic (exact) mass is 281 g/mol. The van der Waals surface area contributed by atoms with Gasteiger partial charge in [-0.25, -0.2) is 5.43 Å². The highest BCUT2D eigenvalue weighted by atomic mass is 16.5. The fourth-order valence-electron chi connectivity index (χ4n) is 1.61. The van der Waals surface area contributed by atoms with Gasteiger partial charge in [-0.15, -0.1) is 0 Å². The number of hydrogen-bond acceptors (Lipinski definition) is 4. The van der Waals surface area contributed by atoms with E-state index >= 15 is 0 Å². The topological polar surface area (TPSA) is 63.6 Å². The molecule has 0 spiro atoms. The van der Waals surface area contributed by atoms with Crippen LogP contribution < -0.4 is 10.2 Å². The fraction of sp³-hybridized carbons (Fsp3) is 0.0625. The van der Waals surface area contributed by atoms with Gasteiger partial charge in [0.1, 0.15) is 12.4 Å². The second-order valence-electron chi connectivity index (χ2n) is 4.08. The molecule has 0 saturated carbocycles. The van der Waals surface area contributed by atoms with Gasteiger partial charge >= 0.3 is 0 Å². The van der Waals surface area contributed by atoms with Crippen LogP contribution in [0.3, 0.4) is 0 Å². The average molecular weight is 281 g/mol. The van der Waals surface area contributed by atoms with Crippen molar-refractivity contribution >= 4 is 12.1 Å². The Hall–Kier alpha value is -2.95. The first-order valence-corrected chi connectivity index (χ1v) is 6.37. The third-order valence-corrected chi connectivity index (χ3v) is 2.55. The minimum atomic E-state index is -0.338. The third-order valence-electron chi connectivity index (χ3n) is 2.55. The summed E-state index contributed by atoms with van der Waals surface area (Å²) in [7, 11) is 0. The van der Waals surface area contributed by atoms with E-state index in [1.807, 2.05) is 6.07 Å². The molecule has 1 aromatic heterocycles. The maximum Gasteiger partial charge on any atom is 0.275 e. The van der Waals surface area contributed by atoms with Crippen LogP contribution in [0.25, 0.3) is 0 Å². The highest BCUT2D eigenvalue weighted by Crippen LogP contribution is 2.17. The van der Waals surface area contributed by atoms with Gasteiger partial charge in [0, 0.05) is 18.0 Å². The summed E-state index contributed by atoms with van der Waals surface area (Å²) in [5.41, 5.74) is 3.68. The number of carbonyl (C=O) groups is 1. The molecule has 106 valence electrons. The summed E-state index contributed by atoms with van der Waals surface area (Å²) in [6.07, 6.45) is 6.47. The Bertz CT molecular complexity index is 639. The van der Waals surface area contributed by atoms with E-state index in [0.717, 1.165) is 5.56 Å². The Morgan fingerprint density at radius 3 is 2.95 bits per heavy atom. The first kappa shape index (κ1) is 14.5. The summed E-state index contributed by atoms with van der Waals surface area (Å²) in [6, 6.07) is 10.6. The maximum absolute atomic E-state index is 12.1. The normalized spacial score (nSPS) is 10.3. The first-order valence-electron chi connectivity index (χ1n) is 6.37.